The van der Waals surface area contributed by atoms with E-state index >= 15 is 0 Å². The number of rotatable bonds is 4. The molecule has 0 spiro atoms. The second kappa shape index (κ2) is 4.96. The van der Waals surface area contributed by atoms with E-state index in [1.807, 2.05) is 0 Å². The van der Waals surface area contributed by atoms with E-state index in [0.717, 1.165) is 16.0 Å². The highest BCUT2D eigenvalue weighted by molar-refractivity contribution is 9.10. The van der Waals surface area contributed by atoms with Gasteiger partial charge in [-0.1, -0.05) is 11.6 Å². The molecule has 4 rings (SSSR count). The molecule has 0 aromatic carbocycles. The van der Waals surface area contributed by atoms with Crippen LogP contribution >= 0.6 is 39.3 Å². The summed E-state index contributed by atoms with van der Waals surface area (Å²) < 4.78 is 3.01. The average Bonchev–Trinajstić information content (AvgIpc) is 3.34. The third-order valence-electron chi connectivity index (χ3n) is 3.45. The zero-order valence-corrected chi connectivity index (χ0v) is 13.6. The molecule has 0 aliphatic heterocycles. The lowest BCUT2D eigenvalue weighted by Crippen LogP contribution is -2.02. The van der Waals surface area contributed by atoms with Gasteiger partial charge in [0.05, 0.1) is 4.47 Å². The van der Waals surface area contributed by atoms with Crippen molar-refractivity contribution in [3.63, 3.8) is 0 Å². The minimum absolute atomic E-state index is 0.419. The van der Waals surface area contributed by atoms with Crippen LogP contribution in [0, 0.1) is 0 Å². The van der Waals surface area contributed by atoms with Crippen molar-refractivity contribution in [1.29, 1.82) is 0 Å². The maximum atomic E-state index is 6.01. The summed E-state index contributed by atoms with van der Waals surface area (Å²) in [5, 5.41) is 10.8. The van der Waals surface area contributed by atoms with E-state index in [1.165, 1.54) is 43.8 Å². The molecule has 0 atom stereocenters. The van der Waals surface area contributed by atoms with Gasteiger partial charge in [0, 0.05) is 12.0 Å². The minimum Gasteiger partial charge on any atom is -0.302 e. The molecule has 2 saturated carbocycles. The van der Waals surface area contributed by atoms with Crippen LogP contribution in [0.2, 0.25) is 5.15 Å². The molecule has 2 aromatic rings. The van der Waals surface area contributed by atoms with Gasteiger partial charge >= 0.3 is 0 Å². The average molecular weight is 373 g/mol. The molecule has 0 N–H and O–H groups in total. The summed E-state index contributed by atoms with van der Waals surface area (Å²) in [4.78, 5) is 8.21. The molecule has 8 heteroatoms. The van der Waals surface area contributed by atoms with Crippen LogP contribution in [0.25, 0.3) is 0 Å². The van der Waals surface area contributed by atoms with Gasteiger partial charge in [-0.25, -0.2) is 9.97 Å². The van der Waals surface area contributed by atoms with Gasteiger partial charge in [-0.05, 0) is 53.4 Å². The highest BCUT2D eigenvalue weighted by Gasteiger charge is 2.36. The van der Waals surface area contributed by atoms with Crippen molar-refractivity contribution in [3.05, 3.63) is 21.8 Å². The quantitative estimate of drug-likeness (QED) is 0.763. The largest absolute Gasteiger partial charge is 0.302 e. The molecule has 2 heterocycles. The summed E-state index contributed by atoms with van der Waals surface area (Å²) in [5.41, 5.74) is 0. The fourth-order valence-corrected chi connectivity index (χ4v) is 3.66. The molecule has 2 aliphatic carbocycles. The van der Waals surface area contributed by atoms with Gasteiger partial charge in [-0.3, -0.25) is 0 Å². The Balaban J connectivity index is 1.70. The molecule has 2 aliphatic rings. The molecule has 104 valence electrons. The first-order valence-electron chi connectivity index (χ1n) is 6.52. The van der Waals surface area contributed by atoms with E-state index in [9.17, 15) is 0 Å². The zero-order valence-electron chi connectivity index (χ0n) is 10.5. The van der Waals surface area contributed by atoms with Gasteiger partial charge in [0.2, 0.25) is 0 Å². The number of halogens is 2. The Morgan fingerprint density at radius 3 is 2.70 bits per heavy atom. The SMILES string of the molecule is Clc1ncnc(Sc2nnc(C3CC3)n2C2CC2)c1Br. The summed E-state index contributed by atoms with van der Waals surface area (Å²) >= 11 is 10.9. The van der Waals surface area contributed by atoms with Crippen molar-refractivity contribution >= 4 is 39.3 Å². The highest BCUT2D eigenvalue weighted by Crippen LogP contribution is 2.47. The Hall–Kier alpha value is -0.660. The molecule has 2 aromatic heterocycles. The Morgan fingerprint density at radius 2 is 2.00 bits per heavy atom. The van der Waals surface area contributed by atoms with Gasteiger partial charge in [0.25, 0.3) is 0 Å². The van der Waals surface area contributed by atoms with Crippen LogP contribution in [0.5, 0.6) is 0 Å². The van der Waals surface area contributed by atoms with Crippen molar-refractivity contribution < 1.29 is 0 Å². The van der Waals surface area contributed by atoms with E-state index in [1.54, 1.807) is 0 Å². The molecule has 0 radical (unpaired) electrons. The predicted molar refractivity (Wildman–Crippen MR) is 79.1 cm³/mol. The van der Waals surface area contributed by atoms with E-state index in [2.05, 4.69) is 40.7 Å². The highest BCUT2D eigenvalue weighted by atomic mass is 79.9. The van der Waals surface area contributed by atoms with Gasteiger partial charge in [0.15, 0.2) is 5.16 Å². The monoisotopic (exact) mass is 371 g/mol. The Labute approximate surface area is 133 Å². The Kier molecular flexibility index (Phi) is 3.23. The molecule has 0 bridgehead atoms. The standard InChI is InChI=1S/C12H11BrClN5S/c13-8-9(14)15-5-16-11(8)20-12-18-17-10(6-1-2-6)19(12)7-3-4-7/h5-7H,1-4H2. The van der Waals surface area contributed by atoms with Crippen molar-refractivity contribution in [2.75, 3.05) is 0 Å². The van der Waals surface area contributed by atoms with Crippen LogP contribution in [-0.4, -0.2) is 24.7 Å². The number of nitrogens with zero attached hydrogens (tertiary/aromatic N) is 5. The fraction of sp³-hybridized carbons (Fsp3) is 0.500. The molecule has 20 heavy (non-hydrogen) atoms. The van der Waals surface area contributed by atoms with Crippen molar-refractivity contribution in [1.82, 2.24) is 24.7 Å². The summed E-state index contributed by atoms with van der Waals surface area (Å²) in [5.74, 6) is 1.75. The van der Waals surface area contributed by atoms with E-state index < -0.39 is 0 Å². The molecule has 0 unspecified atom stereocenters. The third-order valence-corrected chi connectivity index (χ3v) is 5.94. The van der Waals surface area contributed by atoms with Crippen LogP contribution < -0.4 is 0 Å². The number of hydrogen-bond donors (Lipinski definition) is 0. The lowest BCUT2D eigenvalue weighted by atomic mass is 10.4. The lowest BCUT2D eigenvalue weighted by molar-refractivity contribution is 0.626. The van der Waals surface area contributed by atoms with Crippen molar-refractivity contribution in [2.45, 2.75) is 47.8 Å². The molecule has 2 fully saturated rings. The molecule has 5 nitrogen and oxygen atoms in total. The van der Waals surface area contributed by atoms with Gasteiger partial charge in [-0.2, -0.15) is 0 Å². The van der Waals surface area contributed by atoms with Crippen LogP contribution in [0.1, 0.15) is 43.5 Å². The maximum Gasteiger partial charge on any atom is 0.197 e. The van der Waals surface area contributed by atoms with Gasteiger partial charge in [0.1, 0.15) is 22.3 Å². The molecule has 0 saturated heterocycles. The third kappa shape index (κ3) is 2.35. The van der Waals surface area contributed by atoms with Crippen LogP contribution in [0.4, 0.5) is 0 Å². The van der Waals surface area contributed by atoms with E-state index in [4.69, 9.17) is 11.6 Å². The van der Waals surface area contributed by atoms with E-state index in [-0.39, 0.29) is 0 Å². The first-order chi connectivity index (χ1) is 9.74. The molecule has 0 amide bonds. The van der Waals surface area contributed by atoms with E-state index in [0.29, 0.717) is 21.6 Å². The van der Waals surface area contributed by atoms with Crippen LogP contribution in [0.3, 0.4) is 0 Å². The summed E-state index contributed by atoms with van der Waals surface area (Å²) in [7, 11) is 0. The Bertz CT molecular complexity index is 668. The zero-order chi connectivity index (χ0) is 13.7. The number of aromatic nitrogens is 5. The topological polar surface area (TPSA) is 56.5 Å². The lowest BCUT2D eigenvalue weighted by Gasteiger charge is -2.08. The summed E-state index contributed by atoms with van der Waals surface area (Å²) in [6, 6.07) is 0.569. The summed E-state index contributed by atoms with van der Waals surface area (Å²) in [6.45, 7) is 0. The fourth-order valence-electron chi connectivity index (χ4n) is 2.15. The van der Waals surface area contributed by atoms with Crippen LogP contribution in [0.15, 0.2) is 21.0 Å². The van der Waals surface area contributed by atoms with Crippen molar-refractivity contribution in [2.24, 2.45) is 0 Å². The molecular weight excluding hydrogens is 362 g/mol. The molecular formula is C12H11BrClN5S. The van der Waals surface area contributed by atoms with Gasteiger partial charge < -0.3 is 4.57 Å². The second-order valence-corrected chi connectivity index (χ2v) is 7.21. The normalized spacial score (nSPS) is 18.5. The van der Waals surface area contributed by atoms with Crippen molar-refractivity contribution in [3.8, 4) is 0 Å². The minimum atomic E-state index is 0.419. The number of hydrogen-bond acceptors (Lipinski definition) is 5. The van der Waals surface area contributed by atoms with Crippen LogP contribution in [-0.2, 0) is 0 Å². The smallest absolute Gasteiger partial charge is 0.197 e. The maximum absolute atomic E-state index is 6.01. The first-order valence-corrected chi connectivity index (χ1v) is 8.51. The predicted octanol–water partition coefficient (Wildman–Crippen LogP) is 3.85. The second-order valence-electron chi connectivity index (χ2n) is 5.10. The Morgan fingerprint density at radius 1 is 1.20 bits per heavy atom. The van der Waals surface area contributed by atoms with Gasteiger partial charge in [-0.15, -0.1) is 10.2 Å². The summed E-state index contributed by atoms with van der Waals surface area (Å²) in [6.07, 6.45) is 6.38. The first kappa shape index (κ1) is 13.0.